The third-order valence-electron chi connectivity index (χ3n) is 3.17. The van der Waals surface area contributed by atoms with Crippen molar-refractivity contribution in [2.45, 2.75) is 12.5 Å². The minimum atomic E-state index is -0.468. The van der Waals surface area contributed by atoms with Crippen LogP contribution in [0.4, 0.5) is 0 Å². The molecule has 0 aromatic heterocycles. The third-order valence-corrected chi connectivity index (χ3v) is 3.56. The number of benzene rings is 2. The highest BCUT2D eigenvalue weighted by atomic mass is 79.9. The maximum atomic E-state index is 5.77. The molecule has 1 heterocycles. The first-order valence-electron chi connectivity index (χ1n) is 6.31. The van der Waals surface area contributed by atoms with Crippen LogP contribution >= 0.6 is 15.9 Å². The molecule has 4 heteroatoms. The van der Waals surface area contributed by atoms with Gasteiger partial charge in [-0.15, -0.1) is 0 Å². The van der Waals surface area contributed by atoms with Crippen molar-refractivity contribution < 1.29 is 9.57 Å². The number of rotatable bonds is 3. The number of hydroxylamine groups is 1. The lowest BCUT2D eigenvalue weighted by Crippen LogP contribution is -2.22. The fourth-order valence-corrected chi connectivity index (χ4v) is 2.59. The number of ether oxygens (including phenoxy) is 1. The van der Waals surface area contributed by atoms with E-state index in [9.17, 15) is 0 Å². The van der Waals surface area contributed by atoms with E-state index in [2.05, 4.69) is 21.4 Å². The number of para-hydroxylation sites is 1. The Labute approximate surface area is 126 Å². The normalized spacial score (nSPS) is 21.2. The highest BCUT2D eigenvalue weighted by Crippen LogP contribution is 2.34. The molecular formula is C16H14BrNO2. The van der Waals surface area contributed by atoms with Crippen LogP contribution in [0.2, 0.25) is 0 Å². The average molecular weight is 332 g/mol. The molecule has 102 valence electrons. The summed E-state index contributed by atoms with van der Waals surface area (Å²) < 4.78 is 6.61. The van der Waals surface area contributed by atoms with Gasteiger partial charge in [-0.2, -0.15) is 0 Å². The Kier molecular flexibility index (Phi) is 3.51. The lowest BCUT2D eigenvalue weighted by Gasteiger charge is -2.20. The summed E-state index contributed by atoms with van der Waals surface area (Å²) in [5.41, 5.74) is 3.40. The molecule has 0 saturated carbocycles. The molecule has 20 heavy (non-hydrogen) atoms. The van der Waals surface area contributed by atoms with Crippen LogP contribution in [0.1, 0.15) is 12.5 Å². The van der Waals surface area contributed by atoms with Crippen molar-refractivity contribution in [2.24, 2.45) is 0 Å². The summed E-state index contributed by atoms with van der Waals surface area (Å²) in [6.45, 7) is 2.00. The molecule has 2 aromatic rings. The van der Waals surface area contributed by atoms with Crippen LogP contribution in [-0.2, 0) is 10.4 Å². The first kappa shape index (κ1) is 13.2. The van der Waals surface area contributed by atoms with Crippen molar-refractivity contribution in [3.05, 3.63) is 70.8 Å². The molecule has 0 bridgehead atoms. The SMILES string of the molecule is C[C@@]1(c2ccc(Oc3ccccc3)cc2)C=C(Br)NO1. The van der Waals surface area contributed by atoms with E-state index >= 15 is 0 Å². The van der Waals surface area contributed by atoms with Gasteiger partial charge in [0, 0.05) is 0 Å². The first-order chi connectivity index (χ1) is 9.66. The Morgan fingerprint density at radius 2 is 1.65 bits per heavy atom. The maximum Gasteiger partial charge on any atom is 0.139 e. The van der Waals surface area contributed by atoms with Gasteiger partial charge in [0.25, 0.3) is 0 Å². The highest BCUT2D eigenvalue weighted by molar-refractivity contribution is 9.11. The lowest BCUT2D eigenvalue weighted by molar-refractivity contribution is -0.0288. The molecule has 0 aliphatic carbocycles. The third kappa shape index (κ3) is 2.71. The van der Waals surface area contributed by atoms with Gasteiger partial charge in [-0.3, -0.25) is 10.3 Å². The van der Waals surface area contributed by atoms with Crippen molar-refractivity contribution in [3.63, 3.8) is 0 Å². The molecule has 1 atom stereocenters. The van der Waals surface area contributed by atoms with Gasteiger partial charge in [-0.05, 0) is 58.8 Å². The zero-order valence-electron chi connectivity index (χ0n) is 11.0. The molecule has 2 aromatic carbocycles. The Balaban J connectivity index is 1.78. The molecule has 3 rings (SSSR count). The fourth-order valence-electron chi connectivity index (χ4n) is 2.08. The number of halogens is 1. The largest absolute Gasteiger partial charge is 0.457 e. The van der Waals surface area contributed by atoms with Crippen LogP contribution in [0.15, 0.2) is 65.3 Å². The molecule has 0 spiro atoms. The van der Waals surface area contributed by atoms with Gasteiger partial charge in [0.1, 0.15) is 21.7 Å². The molecule has 0 radical (unpaired) electrons. The molecule has 0 unspecified atom stereocenters. The predicted molar refractivity (Wildman–Crippen MR) is 81.5 cm³/mol. The van der Waals surface area contributed by atoms with Gasteiger partial charge in [0.15, 0.2) is 0 Å². The van der Waals surface area contributed by atoms with Crippen LogP contribution in [0.25, 0.3) is 0 Å². The molecule has 1 aliphatic heterocycles. The van der Waals surface area contributed by atoms with Gasteiger partial charge in [0.05, 0.1) is 0 Å². The second-order valence-corrected chi connectivity index (χ2v) is 5.60. The van der Waals surface area contributed by atoms with E-state index in [4.69, 9.17) is 9.57 Å². The van der Waals surface area contributed by atoms with E-state index in [1.165, 1.54) is 0 Å². The quantitative estimate of drug-likeness (QED) is 0.842. The molecule has 3 nitrogen and oxygen atoms in total. The number of nitrogens with one attached hydrogen (secondary N) is 1. The molecule has 0 amide bonds. The van der Waals surface area contributed by atoms with Gasteiger partial charge in [-0.1, -0.05) is 30.3 Å². The van der Waals surface area contributed by atoms with Crippen molar-refractivity contribution in [3.8, 4) is 11.5 Å². The topological polar surface area (TPSA) is 30.5 Å². The Hall–Kier alpha value is -1.78. The first-order valence-corrected chi connectivity index (χ1v) is 7.11. The minimum absolute atomic E-state index is 0.468. The summed E-state index contributed by atoms with van der Waals surface area (Å²) in [5.74, 6) is 1.63. The predicted octanol–water partition coefficient (Wildman–Crippen LogP) is 4.47. The zero-order chi connectivity index (χ0) is 14.0. The summed E-state index contributed by atoms with van der Waals surface area (Å²) >= 11 is 3.37. The van der Waals surface area contributed by atoms with Crippen LogP contribution in [0.3, 0.4) is 0 Å². The van der Waals surface area contributed by atoms with Gasteiger partial charge < -0.3 is 4.74 Å². The summed E-state index contributed by atoms with van der Waals surface area (Å²) in [5, 5.41) is 0. The summed E-state index contributed by atoms with van der Waals surface area (Å²) in [7, 11) is 0. The molecule has 0 saturated heterocycles. The number of hydrogen-bond acceptors (Lipinski definition) is 3. The van der Waals surface area contributed by atoms with E-state index in [0.29, 0.717) is 0 Å². The monoisotopic (exact) mass is 331 g/mol. The van der Waals surface area contributed by atoms with E-state index < -0.39 is 5.60 Å². The van der Waals surface area contributed by atoms with Crippen molar-refractivity contribution in [1.29, 1.82) is 0 Å². The van der Waals surface area contributed by atoms with Gasteiger partial charge in [0.2, 0.25) is 0 Å². The molecule has 0 fully saturated rings. The average Bonchev–Trinajstić information content (AvgIpc) is 2.81. The smallest absolute Gasteiger partial charge is 0.139 e. The summed E-state index contributed by atoms with van der Waals surface area (Å²) in [6, 6.07) is 17.6. The Morgan fingerprint density at radius 3 is 2.25 bits per heavy atom. The Morgan fingerprint density at radius 1 is 1.00 bits per heavy atom. The molecular weight excluding hydrogens is 318 g/mol. The Bertz CT molecular complexity index is 625. The van der Waals surface area contributed by atoms with Crippen LogP contribution in [-0.4, -0.2) is 0 Å². The van der Waals surface area contributed by atoms with Crippen molar-refractivity contribution in [2.75, 3.05) is 0 Å². The van der Waals surface area contributed by atoms with E-state index in [-0.39, 0.29) is 0 Å². The molecule has 1 aliphatic rings. The standard InChI is InChI=1S/C16H14BrNO2/c1-16(11-15(17)18-20-16)12-7-9-14(10-8-12)19-13-5-3-2-4-6-13/h2-11,18H,1H3/t16-/m0/s1. The number of hydrogen-bond donors (Lipinski definition) is 1. The van der Waals surface area contributed by atoms with Gasteiger partial charge in [-0.25, -0.2) is 0 Å². The van der Waals surface area contributed by atoms with Crippen molar-refractivity contribution in [1.82, 2.24) is 5.48 Å². The molecule has 1 N–H and O–H groups in total. The summed E-state index contributed by atoms with van der Waals surface area (Å²) in [4.78, 5) is 5.57. The second-order valence-electron chi connectivity index (χ2n) is 4.74. The minimum Gasteiger partial charge on any atom is -0.457 e. The maximum absolute atomic E-state index is 5.77. The van der Waals surface area contributed by atoms with Crippen molar-refractivity contribution >= 4 is 15.9 Å². The van der Waals surface area contributed by atoms with E-state index in [1.807, 2.05) is 67.6 Å². The van der Waals surface area contributed by atoms with E-state index in [0.717, 1.165) is 21.7 Å². The summed E-state index contributed by atoms with van der Waals surface area (Å²) in [6.07, 6.45) is 1.99. The van der Waals surface area contributed by atoms with Gasteiger partial charge >= 0.3 is 0 Å². The second kappa shape index (κ2) is 5.31. The highest BCUT2D eigenvalue weighted by Gasteiger charge is 2.31. The lowest BCUT2D eigenvalue weighted by atomic mass is 9.96. The van der Waals surface area contributed by atoms with Crippen LogP contribution in [0, 0.1) is 0 Å². The van der Waals surface area contributed by atoms with E-state index in [1.54, 1.807) is 0 Å². The fraction of sp³-hybridized carbons (Fsp3) is 0.125. The van der Waals surface area contributed by atoms with Crippen LogP contribution in [0.5, 0.6) is 11.5 Å². The van der Waals surface area contributed by atoms with Crippen LogP contribution < -0.4 is 10.2 Å². The zero-order valence-corrected chi connectivity index (χ0v) is 12.6.